The van der Waals surface area contributed by atoms with Gasteiger partial charge in [-0.1, -0.05) is 16.8 Å². The highest BCUT2D eigenvalue weighted by molar-refractivity contribution is 6.30. The second-order valence-electron chi connectivity index (χ2n) is 5.88. The minimum absolute atomic E-state index is 0.0316. The molecule has 0 saturated carbocycles. The van der Waals surface area contributed by atoms with Gasteiger partial charge < -0.3 is 24.6 Å². The van der Waals surface area contributed by atoms with Gasteiger partial charge in [0.2, 0.25) is 5.91 Å². The fourth-order valence-corrected chi connectivity index (χ4v) is 2.63. The van der Waals surface area contributed by atoms with E-state index in [1.165, 1.54) is 13.2 Å². The maximum Gasteiger partial charge on any atom is 0.273 e. The maximum atomic E-state index is 12.3. The first-order chi connectivity index (χ1) is 14.0. The molecule has 2 aromatic carbocycles. The Hall–Kier alpha value is -3.52. The molecule has 1 aromatic heterocycles. The lowest BCUT2D eigenvalue weighted by molar-refractivity contribution is -0.115. The number of nitrogens with one attached hydrogen (secondary N) is 2. The predicted octanol–water partition coefficient (Wildman–Crippen LogP) is 3.38. The SMILES string of the molecule is COc1ccc(OC)c(-c2cc(C(=O)NCC(=O)Nc3ccc(Cl)cc3)no2)c1. The normalized spacial score (nSPS) is 10.3. The maximum absolute atomic E-state index is 12.3. The number of amides is 2. The first-order valence-electron chi connectivity index (χ1n) is 8.53. The molecule has 0 fully saturated rings. The molecule has 0 aliphatic carbocycles. The lowest BCUT2D eigenvalue weighted by Crippen LogP contribution is -2.33. The lowest BCUT2D eigenvalue weighted by atomic mass is 10.1. The lowest BCUT2D eigenvalue weighted by Gasteiger charge is -2.07. The summed E-state index contributed by atoms with van der Waals surface area (Å²) in [5.41, 5.74) is 1.19. The van der Waals surface area contributed by atoms with Crippen LogP contribution in [0.1, 0.15) is 10.5 Å². The number of methoxy groups -OCH3 is 2. The van der Waals surface area contributed by atoms with Crippen LogP contribution < -0.4 is 20.1 Å². The zero-order chi connectivity index (χ0) is 20.8. The number of hydrogen-bond donors (Lipinski definition) is 2. The fourth-order valence-electron chi connectivity index (χ4n) is 2.51. The third-order valence-electron chi connectivity index (χ3n) is 3.95. The minimum atomic E-state index is -0.548. The van der Waals surface area contributed by atoms with Gasteiger partial charge in [0.1, 0.15) is 11.5 Å². The van der Waals surface area contributed by atoms with Crippen LogP contribution >= 0.6 is 11.6 Å². The zero-order valence-corrected chi connectivity index (χ0v) is 16.4. The van der Waals surface area contributed by atoms with E-state index in [9.17, 15) is 9.59 Å². The van der Waals surface area contributed by atoms with Crippen molar-refractivity contribution in [3.8, 4) is 22.8 Å². The van der Waals surface area contributed by atoms with Crippen molar-refractivity contribution in [1.29, 1.82) is 0 Å². The van der Waals surface area contributed by atoms with Gasteiger partial charge in [-0.3, -0.25) is 9.59 Å². The number of carbonyl (C=O) groups is 2. The molecule has 0 radical (unpaired) electrons. The van der Waals surface area contributed by atoms with Crippen molar-refractivity contribution in [2.24, 2.45) is 0 Å². The number of nitrogens with zero attached hydrogens (tertiary/aromatic N) is 1. The summed E-state index contributed by atoms with van der Waals surface area (Å²) < 4.78 is 15.8. The summed E-state index contributed by atoms with van der Waals surface area (Å²) in [6, 6.07) is 13.3. The zero-order valence-electron chi connectivity index (χ0n) is 15.7. The Balaban J connectivity index is 1.63. The van der Waals surface area contributed by atoms with E-state index >= 15 is 0 Å². The third kappa shape index (κ3) is 5.05. The van der Waals surface area contributed by atoms with Crippen molar-refractivity contribution in [3.63, 3.8) is 0 Å². The monoisotopic (exact) mass is 415 g/mol. The molecule has 29 heavy (non-hydrogen) atoms. The van der Waals surface area contributed by atoms with Crippen LogP contribution in [0, 0.1) is 0 Å². The fraction of sp³-hybridized carbons (Fsp3) is 0.150. The van der Waals surface area contributed by atoms with Gasteiger partial charge in [0, 0.05) is 16.8 Å². The van der Waals surface area contributed by atoms with Gasteiger partial charge in [-0.05, 0) is 42.5 Å². The summed E-state index contributed by atoms with van der Waals surface area (Å²) in [6.07, 6.45) is 0. The molecule has 0 saturated heterocycles. The first kappa shape index (κ1) is 20.2. The molecular formula is C20H18ClN3O5. The van der Waals surface area contributed by atoms with Crippen molar-refractivity contribution in [2.75, 3.05) is 26.1 Å². The molecule has 0 aliphatic heterocycles. The highest BCUT2D eigenvalue weighted by Crippen LogP contribution is 2.33. The van der Waals surface area contributed by atoms with Crippen LogP contribution in [-0.2, 0) is 4.79 Å². The van der Waals surface area contributed by atoms with Gasteiger partial charge in [0.25, 0.3) is 5.91 Å². The molecule has 0 atom stereocenters. The van der Waals surface area contributed by atoms with E-state index in [4.69, 9.17) is 25.6 Å². The van der Waals surface area contributed by atoms with Crippen molar-refractivity contribution >= 4 is 29.1 Å². The number of rotatable bonds is 7. The van der Waals surface area contributed by atoms with Crippen molar-refractivity contribution in [2.45, 2.75) is 0 Å². The number of carbonyl (C=O) groups excluding carboxylic acids is 2. The van der Waals surface area contributed by atoms with E-state index in [1.54, 1.807) is 49.6 Å². The Morgan fingerprint density at radius 2 is 1.83 bits per heavy atom. The van der Waals surface area contributed by atoms with Crippen molar-refractivity contribution in [3.05, 3.63) is 59.2 Å². The average molecular weight is 416 g/mol. The second-order valence-corrected chi connectivity index (χ2v) is 6.32. The molecule has 0 bridgehead atoms. The topological polar surface area (TPSA) is 103 Å². The van der Waals surface area contributed by atoms with Crippen LogP contribution in [0.15, 0.2) is 53.1 Å². The van der Waals surface area contributed by atoms with Gasteiger partial charge in [-0.2, -0.15) is 0 Å². The molecule has 3 aromatic rings. The van der Waals surface area contributed by atoms with Crippen LogP contribution in [-0.4, -0.2) is 37.7 Å². The predicted molar refractivity (Wildman–Crippen MR) is 107 cm³/mol. The van der Waals surface area contributed by atoms with Crippen LogP contribution in [0.25, 0.3) is 11.3 Å². The molecule has 9 heteroatoms. The Morgan fingerprint density at radius 3 is 2.52 bits per heavy atom. The summed E-state index contributed by atoms with van der Waals surface area (Å²) in [5, 5.41) is 9.47. The average Bonchev–Trinajstić information content (AvgIpc) is 3.23. The molecule has 2 amide bonds. The third-order valence-corrected chi connectivity index (χ3v) is 4.20. The Labute approximate surface area is 171 Å². The largest absolute Gasteiger partial charge is 0.497 e. The number of aromatic nitrogens is 1. The van der Waals surface area contributed by atoms with Crippen LogP contribution in [0.5, 0.6) is 11.5 Å². The van der Waals surface area contributed by atoms with E-state index in [1.807, 2.05) is 0 Å². The number of hydrogen-bond acceptors (Lipinski definition) is 6. The van der Waals surface area contributed by atoms with E-state index in [0.717, 1.165) is 0 Å². The van der Waals surface area contributed by atoms with Gasteiger partial charge in [-0.15, -0.1) is 0 Å². The highest BCUT2D eigenvalue weighted by Gasteiger charge is 2.17. The molecule has 1 heterocycles. The smallest absolute Gasteiger partial charge is 0.273 e. The molecule has 0 unspecified atom stereocenters. The van der Waals surface area contributed by atoms with Crippen LogP contribution in [0.2, 0.25) is 5.02 Å². The van der Waals surface area contributed by atoms with Crippen LogP contribution in [0.4, 0.5) is 5.69 Å². The molecular weight excluding hydrogens is 398 g/mol. The molecule has 8 nitrogen and oxygen atoms in total. The number of ether oxygens (including phenoxy) is 2. The Bertz CT molecular complexity index is 1020. The highest BCUT2D eigenvalue weighted by atomic mass is 35.5. The summed E-state index contributed by atoms with van der Waals surface area (Å²) in [5.74, 6) is 0.529. The van der Waals surface area contributed by atoms with Crippen molar-refractivity contribution in [1.82, 2.24) is 10.5 Å². The van der Waals surface area contributed by atoms with Crippen LogP contribution in [0.3, 0.4) is 0 Å². The standard InChI is InChI=1S/C20H18ClN3O5/c1-27-14-7-8-17(28-2)15(9-14)18-10-16(24-29-18)20(26)22-11-19(25)23-13-5-3-12(21)4-6-13/h3-10H,11H2,1-2H3,(H,22,26)(H,23,25). The molecule has 2 N–H and O–H groups in total. The van der Waals surface area contributed by atoms with E-state index in [0.29, 0.717) is 33.5 Å². The molecule has 0 aliphatic rings. The van der Waals surface area contributed by atoms with Gasteiger partial charge in [0.05, 0.1) is 26.3 Å². The molecule has 3 rings (SSSR count). The molecule has 150 valence electrons. The number of halogens is 1. The first-order valence-corrected chi connectivity index (χ1v) is 8.90. The minimum Gasteiger partial charge on any atom is -0.497 e. The van der Waals surface area contributed by atoms with Gasteiger partial charge in [0.15, 0.2) is 11.5 Å². The van der Waals surface area contributed by atoms with Crippen molar-refractivity contribution < 1.29 is 23.6 Å². The Kier molecular flexibility index (Phi) is 6.36. The van der Waals surface area contributed by atoms with E-state index in [-0.39, 0.29) is 18.1 Å². The summed E-state index contributed by atoms with van der Waals surface area (Å²) in [4.78, 5) is 24.3. The van der Waals surface area contributed by atoms with E-state index < -0.39 is 5.91 Å². The number of benzene rings is 2. The quantitative estimate of drug-likeness (QED) is 0.613. The summed E-state index contributed by atoms with van der Waals surface area (Å²) in [6.45, 7) is -0.230. The number of anilines is 1. The molecule has 0 spiro atoms. The van der Waals surface area contributed by atoms with Gasteiger partial charge >= 0.3 is 0 Å². The second kappa shape index (κ2) is 9.11. The summed E-state index contributed by atoms with van der Waals surface area (Å²) >= 11 is 5.80. The Morgan fingerprint density at radius 1 is 1.07 bits per heavy atom. The summed E-state index contributed by atoms with van der Waals surface area (Å²) in [7, 11) is 3.06. The van der Waals surface area contributed by atoms with E-state index in [2.05, 4.69) is 15.8 Å². The van der Waals surface area contributed by atoms with Gasteiger partial charge in [-0.25, -0.2) is 0 Å².